The number of hydrogen-bond acceptors (Lipinski definition) is 4. The largest absolute Gasteiger partial charge is 0.331 e. The molecule has 0 saturated heterocycles. The first kappa shape index (κ1) is 10.8. The molecule has 2 rings (SSSR count). The summed E-state index contributed by atoms with van der Waals surface area (Å²) < 4.78 is 3.71. The van der Waals surface area contributed by atoms with Crippen LogP contribution in [0.5, 0.6) is 0 Å². The van der Waals surface area contributed by atoms with Gasteiger partial charge in [0.25, 0.3) is 0 Å². The summed E-state index contributed by atoms with van der Waals surface area (Å²) in [5.74, 6) is 0. The number of hydrogen-bond donors (Lipinski definition) is 1. The quantitative estimate of drug-likeness (QED) is 0.780. The second-order valence-corrected chi connectivity index (χ2v) is 3.70. The Labute approximate surface area is 94.3 Å². The molecule has 6 heteroatoms. The van der Waals surface area contributed by atoms with Crippen molar-refractivity contribution in [3.8, 4) is 0 Å². The molecule has 0 aromatic carbocycles. The van der Waals surface area contributed by atoms with Crippen LogP contribution in [0.1, 0.15) is 18.3 Å². The van der Waals surface area contributed by atoms with Crippen molar-refractivity contribution in [2.75, 3.05) is 6.54 Å². The van der Waals surface area contributed by atoms with E-state index in [4.69, 9.17) is 0 Å². The van der Waals surface area contributed by atoms with Crippen molar-refractivity contribution in [2.24, 2.45) is 7.05 Å². The third kappa shape index (κ3) is 2.66. The zero-order valence-corrected chi connectivity index (χ0v) is 9.59. The summed E-state index contributed by atoms with van der Waals surface area (Å²) in [6, 6.07) is 0. The third-order valence-electron chi connectivity index (χ3n) is 2.24. The highest BCUT2D eigenvalue weighted by Gasteiger charge is 2.01. The van der Waals surface area contributed by atoms with Crippen LogP contribution in [-0.4, -0.2) is 31.1 Å². The molecule has 16 heavy (non-hydrogen) atoms. The molecule has 0 unspecified atom stereocenters. The van der Waals surface area contributed by atoms with Gasteiger partial charge in [0.2, 0.25) is 0 Å². The van der Waals surface area contributed by atoms with Gasteiger partial charge in [-0.05, 0) is 6.54 Å². The highest BCUT2D eigenvalue weighted by Crippen LogP contribution is 2.00. The lowest BCUT2D eigenvalue weighted by atomic mass is 10.4. The maximum atomic E-state index is 4.30. The van der Waals surface area contributed by atoms with Crippen molar-refractivity contribution in [2.45, 2.75) is 20.0 Å². The van der Waals surface area contributed by atoms with Gasteiger partial charge >= 0.3 is 0 Å². The van der Waals surface area contributed by atoms with Crippen molar-refractivity contribution in [1.82, 2.24) is 29.9 Å². The summed E-state index contributed by atoms with van der Waals surface area (Å²) in [5.41, 5.74) is 1.99. The molecular formula is C10H16N6. The van der Waals surface area contributed by atoms with E-state index in [1.54, 1.807) is 4.68 Å². The second kappa shape index (κ2) is 4.89. The summed E-state index contributed by atoms with van der Waals surface area (Å²) in [6.45, 7) is 4.56. The normalized spacial score (nSPS) is 10.9. The van der Waals surface area contributed by atoms with Gasteiger partial charge in [0.05, 0.1) is 18.6 Å². The number of nitrogens with one attached hydrogen (secondary N) is 1. The van der Waals surface area contributed by atoms with Gasteiger partial charge < -0.3 is 9.88 Å². The molecule has 2 aromatic heterocycles. The van der Waals surface area contributed by atoms with E-state index in [0.29, 0.717) is 6.54 Å². The summed E-state index contributed by atoms with van der Waals surface area (Å²) in [6.07, 6.45) is 5.75. The van der Waals surface area contributed by atoms with Crippen LogP contribution in [0.3, 0.4) is 0 Å². The van der Waals surface area contributed by atoms with Gasteiger partial charge in [0.1, 0.15) is 5.69 Å². The van der Waals surface area contributed by atoms with Crippen LogP contribution in [0.15, 0.2) is 18.7 Å². The smallest absolute Gasteiger partial charge is 0.102 e. The molecule has 0 aliphatic rings. The van der Waals surface area contributed by atoms with Crippen LogP contribution in [0.25, 0.3) is 0 Å². The fourth-order valence-electron chi connectivity index (χ4n) is 1.49. The molecule has 0 fully saturated rings. The minimum atomic E-state index is 0.715. The summed E-state index contributed by atoms with van der Waals surface area (Å²) in [5, 5.41) is 11.2. The van der Waals surface area contributed by atoms with Crippen LogP contribution in [-0.2, 0) is 20.1 Å². The lowest BCUT2D eigenvalue weighted by molar-refractivity contribution is 0.706. The first-order valence-corrected chi connectivity index (χ1v) is 5.34. The van der Waals surface area contributed by atoms with Crippen LogP contribution >= 0.6 is 0 Å². The van der Waals surface area contributed by atoms with E-state index in [0.717, 1.165) is 24.5 Å². The van der Waals surface area contributed by atoms with Crippen LogP contribution in [0.2, 0.25) is 0 Å². The SMILES string of the molecule is CCNCc1cn(Cc2cn(C)nn2)cn1. The highest BCUT2D eigenvalue weighted by atomic mass is 15.4. The maximum Gasteiger partial charge on any atom is 0.102 e. The molecule has 2 aromatic rings. The fraction of sp³-hybridized carbons (Fsp3) is 0.500. The molecule has 1 N–H and O–H groups in total. The Morgan fingerprint density at radius 3 is 2.88 bits per heavy atom. The van der Waals surface area contributed by atoms with Crippen molar-refractivity contribution in [3.05, 3.63) is 30.1 Å². The lowest BCUT2D eigenvalue weighted by Crippen LogP contribution is -2.11. The predicted molar refractivity (Wildman–Crippen MR) is 59.7 cm³/mol. The molecule has 0 spiro atoms. The Balaban J connectivity index is 1.97. The van der Waals surface area contributed by atoms with E-state index in [-0.39, 0.29) is 0 Å². The lowest BCUT2D eigenvalue weighted by Gasteiger charge is -1.97. The van der Waals surface area contributed by atoms with E-state index >= 15 is 0 Å². The number of nitrogens with zero attached hydrogens (tertiary/aromatic N) is 5. The molecule has 6 nitrogen and oxygen atoms in total. The first-order valence-electron chi connectivity index (χ1n) is 5.34. The molecule has 86 valence electrons. The van der Waals surface area contributed by atoms with Crippen LogP contribution in [0, 0.1) is 0 Å². The van der Waals surface area contributed by atoms with Crippen molar-refractivity contribution < 1.29 is 0 Å². The second-order valence-electron chi connectivity index (χ2n) is 3.70. The van der Waals surface area contributed by atoms with E-state index in [2.05, 4.69) is 27.5 Å². The van der Waals surface area contributed by atoms with E-state index in [1.165, 1.54) is 0 Å². The predicted octanol–water partition coefficient (Wildman–Crippen LogP) is 0.169. The van der Waals surface area contributed by atoms with Gasteiger partial charge in [0.15, 0.2) is 0 Å². The van der Waals surface area contributed by atoms with Crippen LogP contribution < -0.4 is 5.32 Å². The Morgan fingerprint density at radius 2 is 2.19 bits per heavy atom. The standard InChI is InChI=1S/C10H16N6/c1-3-11-4-9-6-16(8-12-9)7-10-5-15(2)14-13-10/h5-6,8,11H,3-4,7H2,1-2H3. The van der Waals surface area contributed by atoms with E-state index in [1.807, 2.05) is 30.3 Å². The molecule has 0 aliphatic carbocycles. The average Bonchev–Trinajstić information content (AvgIpc) is 2.86. The molecule has 0 saturated carbocycles. The molecule has 0 aliphatic heterocycles. The summed E-state index contributed by atoms with van der Waals surface area (Å²) >= 11 is 0. The van der Waals surface area contributed by atoms with E-state index < -0.39 is 0 Å². The monoisotopic (exact) mass is 220 g/mol. The van der Waals surface area contributed by atoms with Gasteiger partial charge in [-0.2, -0.15) is 0 Å². The molecule has 0 atom stereocenters. The van der Waals surface area contributed by atoms with Crippen LogP contribution in [0.4, 0.5) is 0 Å². The Morgan fingerprint density at radius 1 is 1.31 bits per heavy atom. The first-order chi connectivity index (χ1) is 7.78. The van der Waals surface area contributed by atoms with Crippen molar-refractivity contribution >= 4 is 0 Å². The number of imidazole rings is 1. The molecule has 0 amide bonds. The maximum absolute atomic E-state index is 4.30. The van der Waals surface area contributed by atoms with Crippen molar-refractivity contribution in [3.63, 3.8) is 0 Å². The van der Waals surface area contributed by atoms with Gasteiger partial charge in [0, 0.05) is 26.0 Å². The topological polar surface area (TPSA) is 60.6 Å². The minimum absolute atomic E-state index is 0.715. The Hall–Kier alpha value is -1.69. The number of rotatable bonds is 5. The number of aromatic nitrogens is 5. The van der Waals surface area contributed by atoms with E-state index in [9.17, 15) is 0 Å². The van der Waals surface area contributed by atoms with Gasteiger partial charge in [-0.1, -0.05) is 12.1 Å². The van der Waals surface area contributed by atoms with Gasteiger partial charge in [-0.3, -0.25) is 4.68 Å². The molecular weight excluding hydrogens is 204 g/mol. The summed E-state index contributed by atoms with van der Waals surface area (Å²) in [4.78, 5) is 4.30. The zero-order valence-electron chi connectivity index (χ0n) is 9.59. The molecule has 0 bridgehead atoms. The summed E-state index contributed by atoms with van der Waals surface area (Å²) in [7, 11) is 1.86. The highest BCUT2D eigenvalue weighted by molar-refractivity contribution is 5.00. The Kier molecular flexibility index (Phi) is 3.31. The minimum Gasteiger partial charge on any atom is -0.331 e. The average molecular weight is 220 g/mol. The Bertz CT molecular complexity index is 444. The molecule has 0 radical (unpaired) electrons. The fourth-order valence-corrected chi connectivity index (χ4v) is 1.49. The number of aryl methyl sites for hydroxylation is 1. The zero-order chi connectivity index (χ0) is 11.4. The molecule has 2 heterocycles. The third-order valence-corrected chi connectivity index (χ3v) is 2.24. The van der Waals surface area contributed by atoms with Crippen molar-refractivity contribution in [1.29, 1.82) is 0 Å². The van der Waals surface area contributed by atoms with Gasteiger partial charge in [-0.25, -0.2) is 4.98 Å². The van der Waals surface area contributed by atoms with Gasteiger partial charge in [-0.15, -0.1) is 5.10 Å².